The lowest BCUT2D eigenvalue weighted by molar-refractivity contribution is 0.102. The topological polar surface area (TPSA) is 97.6 Å². The zero-order valence-electron chi connectivity index (χ0n) is 17.5. The molecule has 1 amide bonds. The van der Waals surface area contributed by atoms with Gasteiger partial charge in [0, 0.05) is 34.9 Å². The molecule has 4 aromatic rings. The number of benzene rings is 1. The fraction of sp³-hybridized carbons (Fsp3) is 0.136. The minimum absolute atomic E-state index is 0.316. The zero-order chi connectivity index (χ0) is 22.8. The number of nitrogens with zero attached hydrogens (tertiary/aromatic N) is 5. The number of halogens is 2. The lowest BCUT2D eigenvalue weighted by atomic mass is 10.2. The highest BCUT2D eigenvalue weighted by Gasteiger charge is 2.16. The van der Waals surface area contributed by atoms with Crippen LogP contribution < -0.4 is 10.6 Å². The Bertz CT molecular complexity index is 1300. The van der Waals surface area contributed by atoms with Gasteiger partial charge in [-0.15, -0.1) is 0 Å². The van der Waals surface area contributed by atoms with Crippen molar-refractivity contribution in [3.63, 3.8) is 0 Å². The molecule has 2 N–H and O–H groups in total. The average Bonchev–Trinajstić information content (AvgIpc) is 3.07. The van der Waals surface area contributed by atoms with Gasteiger partial charge in [-0.2, -0.15) is 9.78 Å². The molecule has 10 heteroatoms. The molecule has 0 fully saturated rings. The van der Waals surface area contributed by atoms with Gasteiger partial charge in [0.15, 0.2) is 5.82 Å². The van der Waals surface area contributed by atoms with Crippen molar-refractivity contribution in [2.45, 2.75) is 20.8 Å². The molecule has 0 spiro atoms. The van der Waals surface area contributed by atoms with E-state index in [4.69, 9.17) is 23.2 Å². The van der Waals surface area contributed by atoms with E-state index in [1.54, 1.807) is 30.3 Å². The molecule has 0 saturated heterocycles. The van der Waals surface area contributed by atoms with Gasteiger partial charge in [0.2, 0.25) is 5.95 Å². The predicted octanol–water partition coefficient (Wildman–Crippen LogP) is 5.29. The molecule has 0 saturated carbocycles. The second kappa shape index (κ2) is 8.94. The van der Waals surface area contributed by atoms with Gasteiger partial charge in [-0.3, -0.25) is 4.79 Å². The predicted molar refractivity (Wildman–Crippen MR) is 125 cm³/mol. The molecule has 1 aromatic carbocycles. The third kappa shape index (κ3) is 4.87. The van der Waals surface area contributed by atoms with Gasteiger partial charge in [0.1, 0.15) is 5.82 Å². The maximum Gasteiger partial charge on any atom is 0.256 e. The maximum atomic E-state index is 13.0. The van der Waals surface area contributed by atoms with Gasteiger partial charge in [-0.05, 0) is 51.1 Å². The molecule has 0 aliphatic heterocycles. The van der Waals surface area contributed by atoms with E-state index in [1.165, 1.54) is 10.9 Å². The van der Waals surface area contributed by atoms with Gasteiger partial charge in [0.05, 0.1) is 15.7 Å². The molecule has 3 aromatic heterocycles. The van der Waals surface area contributed by atoms with Crippen LogP contribution in [0.15, 0.2) is 48.7 Å². The van der Waals surface area contributed by atoms with Gasteiger partial charge < -0.3 is 10.6 Å². The standard InChI is InChI=1S/C22H19Cl2N7O/c1-12-7-13(2)27-22(26-12)28-17-6-4-5-15(9-17)21(32)29-19-8-14(3)30-31(19)20-18(24)10-16(23)11-25-20/h4-11H,1-3H3,(H,29,32)(H,26,27,28). The first-order chi connectivity index (χ1) is 15.3. The molecular weight excluding hydrogens is 449 g/mol. The van der Waals surface area contributed by atoms with Gasteiger partial charge >= 0.3 is 0 Å². The number of pyridine rings is 1. The maximum absolute atomic E-state index is 13.0. The van der Waals surface area contributed by atoms with Crippen molar-refractivity contribution in [3.05, 3.63) is 81.4 Å². The van der Waals surface area contributed by atoms with E-state index in [0.29, 0.717) is 44.6 Å². The summed E-state index contributed by atoms with van der Waals surface area (Å²) in [5.41, 5.74) is 3.53. The number of carbonyl (C=O) groups is 1. The lowest BCUT2D eigenvalue weighted by Gasteiger charge is -2.11. The number of amides is 1. The Labute approximate surface area is 194 Å². The molecule has 0 bridgehead atoms. The van der Waals surface area contributed by atoms with E-state index in [-0.39, 0.29) is 5.91 Å². The normalized spacial score (nSPS) is 10.8. The zero-order valence-corrected chi connectivity index (χ0v) is 19.0. The monoisotopic (exact) mass is 467 g/mol. The van der Waals surface area contributed by atoms with Crippen molar-refractivity contribution in [1.82, 2.24) is 24.7 Å². The third-order valence-electron chi connectivity index (χ3n) is 4.43. The molecule has 0 aliphatic rings. The Morgan fingerprint density at radius 2 is 1.72 bits per heavy atom. The van der Waals surface area contributed by atoms with Crippen molar-refractivity contribution in [1.29, 1.82) is 0 Å². The molecule has 8 nitrogen and oxygen atoms in total. The second-order valence-electron chi connectivity index (χ2n) is 7.18. The first-order valence-electron chi connectivity index (χ1n) is 9.67. The largest absolute Gasteiger partial charge is 0.324 e. The molecule has 3 heterocycles. The Balaban J connectivity index is 1.58. The number of aryl methyl sites for hydroxylation is 3. The molecular formula is C22H19Cl2N7O. The molecule has 4 rings (SSSR count). The van der Waals surface area contributed by atoms with Crippen molar-refractivity contribution >= 4 is 46.6 Å². The molecule has 0 atom stereocenters. The number of aromatic nitrogens is 5. The molecule has 0 aliphatic carbocycles. The summed E-state index contributed by atoms with van der Waals surface area (Å²) in [5.74, 6) is 0.945. The van der Waals surface area contributed by atoms with Crippen LogP contribution in [0.1, 0.15) is 27.4 Å². The number of anilines is 3. The van der Waals surface area contributed by atoms with Crippen LogP contribution in [0.5, 0.6) is 0 Å². The quantitative estimate of drug-likeness (QED) is 0.413. The van der Waals surface area contributed by atoms with E-state index in [0.717, 1.165) is 11.4 Å². The summed E-state index contributed by atoms with van der Waals surface area (Å²) in [6.07, 6.45) is 1.47. The van der Waals surface area contributed by atoms with E-state index in [2.05, 4.69) is 30.7 Å². The minimum atomic E-state index is -0.318. The molecule has 32 heavy (non-hydrogen) atoms. The Kier molecular flexibility index (Phi) is 6.07. The molecule has 0 radical (unpaired) electrons. The highest BCUT2D eigenvalue weighted by Crippen LogP contribution is 2.25. The SMILES string of the molecule is Cc1cc(C)nc(Nc2cccc(C(=O)Nc3cc(C)nn3-c3ncc(Cl)cc3Cl)c2)n1. The average molecular weight is 468 g/mol. The highest BCUT2D eigenvalue weighted by molar-refractivity contribution is 6.35. The summed E-state index contributed by atoms with van der Waals surface area (Å²) in [7, 11) is 0. The summed E-state index contributed by atoms with van der Waals surface area (Å²) in [5, 5.41) is 11.1. The van der Waals surface area contributed by atoms with Crippen LogP contribution in [-0.4, -0.2) is 30.6 Å². The Morgan fingerprint density at radius 1 is 0.969 bits per heavy atom. The Morgan fingerprint density at radius 3 is 2.44 bits per heavy atom. The van der Waals surface area contributed by atoms with Crippen LogP contribution in [0.3, 0.4) is 0 Å². The molecule has 162 valence electrons. The number of carbonyl (C=O) groups excluding carboxylic acids is 1. The summed E-state index contributed by atoms with van der Waals surface area (Å²) in [6, 6.07) is 12.2. The van der Waals surface area contributed by atoms with E-state index < -0.39 is 0 Å². The van der Waals surface area contributed by atoms with Crippen LogP contribution >= 0.6 is 23.2 Å². The van der Waals surface area contributed by atoms with E-state index in [9.17, 15) is 4.79 Å². The van der Waals surface area contributed by atoms with Gasteiger partial charge in [-0.1, -0.05) is 29.3 Å². The number of nitrogens with one attached hydrogen (secondary N) is 2. The third-order valence-corrected chi connectivity index (χ3v) is 4.91. The van der Waals surface area contributed by atoms with Crippen molar-refractivity contribution in [3.8, 4) is 5.82 Å². The summed E-state index contributed by atoms with van der Waals surface area (Å²) < 4.78 is 1.47. The van der Waals surface area contributed by atoms with Crippen molar-refractivity contribution < 1.29 is 4.79 Å². The summed E-state index contributed by atoms with van der Waals surface area (Å²) in [4.78, 5) is 26.0. The van der Waals surface area contributed by atoms with Crippen LogP contribution in [0.25, 0.3) is 5.82 Å². The van der Waals surface area contributed by atoms with Crippen LogP contribution in [-0.2, 0) is 0 Å². The van der Waals surface area contributed by atoms with Crippen LogP contribution in [0.2, 0.25) is 10.0 Å². The van der Waals surface area contributed by atoms with E-state index in [1.807, 2.05) is 32.9 Å². The first-order valence-corrected chi connectivity index (χ1v) is 10.4. The van der Waals surface area contributed by atoms with Crippen molar-refractivity contribution in [2.75, 3.05) is 10.6 Å². The van der Waals surface area contributed by atoms with Crippen LogP contribution in [0, 0.1) is 20.8 Å². The highest BCUT2D eigenvalue weighted by atomic mass is 35.5. The minimum Gasteiger partial charge on any atom is -0.324 e. The van der Waals surface area contributed by atoms with Crippen LogP contribution in [0.4, 0.5) is 17.5 Å². The van der Waals surface area contributed by atoms with Gasteiger partial charge in [-0.25, -0.2) is 15.0 Å². The number of hydrogen-bond acceptors (Lipinski definition) is 6. The number of rotatable bonds is 5. The van der Waals surface area contributed by atoms with Gasteiger partial charge in [0.25, 0.3) is 5.91 Å². The first kappa shape index (κ1) is 21.7. The van der Waals surface area contributed by atoms with Crippen molar-refractivity contribution in [2.24, 2.45) is 0 Å². The molecule has 0 unspecified atom stereocenters. The smallest absolute Gasteiger partial charge is 0.256 e. The number of hydrogen-bond donors (Lipinski definition) is 2. The second-order valence-corrected chi connectivity index (χ2v) is 8.02. The lowest BCUT2D eigenvalue weighted by Crippen LogP contribution is -2.16. The fourth-order valence-electron chi connectivity index (χ4n) is 3.15. The summed E-state index contributed by atoms with van der Waals surface area (Å²) >= 11 is 12.2. The Hall–Kier alpha value is -3.49. The summed E-state index contributed by atoms with van der Waals surface area (Å²) in [6.45, 7) is 5.61. The fourth-order valence-corrected chi connectivity index (χ4v) is 3.61. The van der Waals surface area contributed by atoms with E-state index >= 15 is 0 Å².